The number of benzene rings is 3. The van der Waals surface area contributed by atoms with Crippen molar-refractivity contribution in [2.24, 2.45) is 0 Å². The van der Waals surface area contributed by atoms with Gasteiger partial charge in [0.25, 0.3) is 0 Å². The fourth-order valence-corrected chi connectivity index (χ4v) is 4.00. The molecule has 156 valence electrons. The molecule has 0 spiro atoms. The first kappa shape index (κ1) is 20.3. The van der Waals surface area contributed by atoms with E-state index in [9.17, 15) is 18.0 Å². The van der Waals surface area contributed by atoms with Crippen molar-refractivity contribution in [1.29, 1.82) is 0 Å². The molecule has 0 radical (unpaired) electrons. The highest BCUT2D eigenvalue weighted by Crippen LogP contribution is 2.32. The third kappa shape index (κ3) is 4.42. The summed E-state index contributed by atoms with van der Waals surface area (Å²) in [7, 11) is 0. The maximum atomic E-state index is 13.0. The normalized spacial score (nSPS) is 14.9. The summed E-state index contributed by atoms with van der Waals surface area (Å²) < 4.78 is 38.9. The topological polar surface area (TPSA) is 23.6 Å². The smallest absolute Gasteiger partial charge is 0.368 e. The van der Waals surface area contributed by atoms with Gasteiger partial charge in [0.2, 0.25) is 5.91 Å². The number of hydrogen-bond donors (Lipinski definition) is 0. The maximum absolute atomic E-state index is 13.0. The van der Waals surface area contributed by atoms with Gasteiger partial charge in [-0.3, -0.25) is 4.79 Å². The van der Waals surface area contributed by atoms with Crippen LogP contribution in [0, 0.1) is 0 Å². The van der Waals surface area contributed by atoms with E-state index in [1.54, 1.807) is 6.07 Å². The molecule has 0 aliphatic carbocycles. The number of piperazine rings is 1. The summed E-state index contributed by atoms with van der Waals surface area (Å²) >= 11 is 0. The van der Waals surface area contributed by atoms with E-state index in [4.69, 9.17) is 0 Å². The van der Waals surface area contributed by atoms with Crippen LogP contribution < -0.4 is 4.90 Å². The van der Waals surface area contributed by atoms with Gasteiger partial charge in [0.05, 0.1) is 5.56 Å². The number of aryl methyl sites for hydroxylation is 1. The minimum absolute atomic E-state index is 0.0895. The zero-order valence-electron chi connectivity index (χ0n) is 16.5. The second kappa shape index (κ2) is 8.38. The number of anilines is 1. The molecule has 3 aromatic carbocycles. The SMILES string of the molecule is O=C(CCc1cccc2ccccc12)N1CCN(c2cccc(C(F)(F)F)c2)CC1. The Labute approximate surface area is 173 Å². The number of nitrogens with zero attached hydrogens (tertiary/aromatic N) is 2. The molecule has 0 N–H and O–H groups in total. The van der Waals surface area contributed by atoms with Gasteiger partial charge >= 0.3 is 6.18 Å². The molecule has 0 atom stereocenters. The second-order valence-electron chi connectivity index (χ2n) is 7.55. The van der Waals surface area contributed by atoms with Crippen molar-refractivity contribution in [2.45, 2.75) is 19.0 Å². The Morgan fingerprint density at radius 3 is 2.33 bits per heavy atom. The molecular weight excluding hydrogens is 389 g/mol. The Kier molecular flexibility index (Phi) is 5.66. The van der Waals surface area contributed by atoms with E-state index in [1.807, 2.05) is 28.0 Å². The van der Waals surface area contributed by atoms with E-state index in [0.29, 0.717) is 44.7 Å². The van der Waals surface area contributed by atoms with Crippen LogP contribution in [0.2, 0.25) is 0 Å². The van der Waals surface area contributed by atoms with Crippen LogP contribution in [0.15, 0.2) is 66.7 Å². The lowest BCUT2D eigenvalue weighted by Gasteiger charge is -2.36. The molecule has 30 heavy (non-hydrogen) atoms. The van der Waals surface area contributed by atoms with Gasteiger partial charge in [0, 0.05) is 38.3 Å². The van der Waals surface area contributed by atoms with Gasteiger partial charge < -0.3 is 9.80 Å². The van der Waals surface area contributed by atoms with E-state index in [2.05, 4.69) is 24.3 Å². The van der Waals surface area contributed by atoms with E-state index in [1.165, 1.54) is 17.5 Å². The third-order valence-corrected chi connectivity index (χ3v) is 5.66. The molecule has 1 aliphatic heterocycles. The third-order valence-electron chi connectivity index (χ3n) is 5.66. The number of hydrogen-bond acceptors (Lipinski definition) is 2. The van der Waals surface area contributed by atoms with Crippen LogP contribution in [-0.2, 0) is 17.4 Å². The number of rotatable bonds is 4. The highest BCUT2D eigenvalue weighted by molar-refractivity contribution is 5.86. The fourth-order valence-electron chi connectivity index (χ4n) is 4.00. The number of fused-ring (bicyclic) bond motifs is 1. The predicted octanol–water partition coefficient (Wildman–Crippen LogP) is 5.14. The standard InChI is InChI=1S/C24H23F3N2O/c25-24(26,27)20-8-4-9-21(17-20)28-13-15-29(16-14-28)23(30)12-11-19-7-3-6-18-5-1-2-10-22(18)19/h1-10,17H,11-16H2. The van der Waals surface area contributed by atoms with Crippen molar-refractivity contribution >= 4 is 22.4 Å². The minimum atomic E-state index is -4.35. The Bertz CT molecular complexity index is 1030. The van der Waals surface area contributed by atoms with Crippen LogP contribution in [0.3, 0.4) is 0 Å². The van der Waals surface area contributed by atoms with Crippen molar-refractivity contribution < 1.29 is 18.0 Å². The highest BCUT2D eigenvalue weighted by atomic mass is 19.4. The Hall–Kier alpha value is -3.02. The zero-order valence-corrected chi connectivity index (χ0v) is 16.5. The molecule has 0 unspecified atom stereocenters. The molecule has 0 saturated carbocycles. The van der Waals surface area contributed by atoms with Gasteiger partial charge in [0.1, 0.15) is 0 Å². The molecule has 4 rings (SSSR count). The fraction of sp³-hybridized carbons (Fsp3) is 0.292. The molecule has 1 amide bonds. The molecule has 1 saturated heterocycles. The van der Waals surface area contributed by atoms with Crippen molar-refractivity contribution in [3.63, 3.8) is 0 Å². The molecule has 6 heteroatoms. The van der Waals surface area contributed by atoms with E-state index in [0.717, 1.165) is 17.0 Å². The van der Waals surface area contributed by atoms with Gasteiger partial charge in [-0.15, -0.1) is 0 Å². The Morgan fingerprint density at radius 1 is 0.867 bits per heavy atom. The van der Waals surface area contributed by atoms with Crippen LogP contribution >= 0.6 is 0 Å². The predicted molar refractivity (Wildman–Crippen MR) is 113 cm³/mol. The van der Waals surface area contributed by atoms with Gasteiger partial charge in [0.15, 0.2) is 0 Å². The van der Waals surface area contributed by atoms with Crippen LogP contribution in [0.5, 0.6) is 0 Å². The second-order valence-corrected chi connectivity index (χ2v) is 7.55. The molecule has 0 aromatic heterocycles. The summed E-state index contributed by atoms with van der Waals surface area (Å²) in [5.41, 5.74) is 1.06. The van der Waals surface area contributed by atoms with Crippen LogP contribution in [0.4, 0.5) is 18.9 Å². The first-order valence-electron chi connectivity index (χ1n) is 10.1. The minimum Gasteiger partial charge on any atom is -0.368 e. The lowest BCUT2D eigenvalue weighted by Crippen LogP contribution is -2.48. The van der Waals surface area contributed by atoms with Crippen LogP contribution in [0.25, 0.3) is 10.8 Å². The van der Waals surface area contributed by atoms with Gasteiger partial charge in [-0.2, -0.15) is 13.2 Å². The molecule has 1 heterocycles. The van der Waals surface area contributed by atoms with Gasteiger partial charge in [-0.25, -0.2) is 0 Å². The lowest BCUT2D eigenvalue weighted by atomic mass is 10.0. The number of carbonyl (C=O) groups is 1. The largest absolute Gasteiger partial charge is 0.416 e. The monoisotopic (exact) mass is 412 g/mol. The number of alkyl halides is 3. The first-order chi connectivity index (χ1) is 14.4. The van der Waals surface area contributed by atoms with Crippen molar-refractivity contribution in [1.82, 2.24) is 4.90 Å². The van der Waals surface area contributed by atoms with Crippen molar-refractivity contribution in [3.8, 4) is 0 Å². The molecule has 0 bridgehead atoms. The summed E-state index contributed by atoms with van der Waals surface area (Å²) in [5.74, 6) is 0.0895. The molecule has 3 nitrogen and oxygen atoms in total. The highest BCUT2D eigenvalue weighted by Gasteiger charge is 2.31. The van der Waals surface area contributed by atoms with Gasteiger partial charge in [-0.05, 0) is 41.0 Å². The van der Waals surface area contributed by atoms with Gasteiger partial charge in [-0.1, -0.05) is 48.5 Å². The molecule has 1 aliphatic rings. The average Bonchev–Trinajstić information content (AvgIpc) is 2.77. The zero-order chi connectivity index (χ0) is 21.1. The Morgan fingerprint density at radius 2 is 1.57 bits per heavy atom. The molecule has 1 fully saturated rings. The van der Waals surface area contributed by atoms with E-state index >= 15 is 0 Å². The first-order valence-corrected chi connectivity index (χ1v) is 10.1. The number of carbonyl (C=O) groups excluding carboxylic acids is 1. The molecular formula is C24H23F3N2O. The Balaban J connectivity index is 1.35. The summed E-state index contributed by atoms with van der Waals surface area (Å²) in [6.45, 7) is 2.10. The van der Waals surface area contributed by atoms with Crippen molar-refractivity contribution in [3.05, 3.63) is 77.9 Å². The summed E-state index contributed by atoms with van der Waals surface area (Å²) in [5, 5.41) is 2.33. The van der Waals surface area contributed by atoms with Crippen LogP contribution in [-0.4, -0.2) is 37.0 Å². The van der Waals surface area contributed by atoms with Crippen LogP contribution in [0.1, 0.15) is 17.5 Å². The molecule has 3 aromatic rings. The maximum Gasteiger partial charge on any atom is 0.416 e. The summed E-state index contributed by atoms with van der Waals surface area (Å²) in [4.78, 5) is 16.4. The quantitative estimate of drug-likeness (QED) is 0.592. The van der Waals surface area contributed by atoms with E-state index < -0.39 is 11.7 Å². The summed E-state index contributed by atoms with van der Waals surface area (Å²) in [6.07, 6.45) is -3.25. The summed E-state index contributed by atoms with van der Waals surface area (Å²) in [6, 6.07) is 19.6. The number of halogens is 3. The number of amides is 1. The average molecular weight is 412 g/mol. The van der Waals surface area contributed by atoms with Crippen molar-refractivity contribution in [2.75, 3.05) is 31.1 Å². The lowest BCUT2D eigenvalue weighted by molar-refractivity contribution is -0.137. The van der Waals surface area contributed by atoms with E-state index in [-0.39, 0.29) is 5.91 Å².